The summed E-state index contributed by atoms with van der Waals surface area (Å²) in [6, 6.07) is 15.2. The van der Waals surface area contributed by atoms with E-state index in [1.165, 1.54) is 4.90 Å². The minimum atomic E-state index is -0.480. The summed E-state index contributed by atoms with van der Waals surface area (Å²) in [6.07, 6.45) is 1.77. The monoisotopic (exact) mass is 384 g/mol. The van der Waals surface area contributed by atoms with Crippen LogP contribution in [0.3, 0.4) is 0 Å². The molecule has 0 aliphatic carbocycles. The van der Waals surface area contributed by atoms with Crippen LogP contribution in [-0.2, 0) is 16.1 Å². The van der Waals surface area contributed by atoms with Gasteiger partial charge in [0, 0.05) is 29.8 Å². The molecule has 0 atom stereocenters. The van der Waals surface area contributed by atoms with E-state index in [-0.39, 0.29) is 0 Å². The van der Waals surface area contributed by atoms with Gasteiger partial charge in [0.15, 0.2) is 0 Å². The number of hydrogen-bond acceptors (Lipinski definition) is 2. The molecule has 2 aromatic carbocycles. The molecule has 5 heteroatoms. The van der Waals surface area contributed by atoms with E-state index < -0.39 is 11.8 Å². The molecule has 122 valence electrons. The van der Waals surface area contributed by atoms with Crippen LogP contribution < -0.4 is 4.90 Å². The van der Waals surface area contributed by atoms with Crippen molar-refractivity contribution in [3.8, 4) is 0 Å². The van der Waals surface area contributed by atoms with E-state index in [1.54, 1.807) is 11.0 Å². The highest BCUT2D eigenvalue weighted by atomic mass is 79.9. The number of carbonyl (C=O) groups is 2. The van der Waals surface area contributed by atoms with Crippen LogP contribution in [0.5, 0.6) is 0 Å². The summed E-state index contributed by atoms with van der Waals surface area (Å²) in [5.41, 5.74) is 2.77. The van der Waals surface area contributed by atoms with Gasteiger partial charge < -0.3 is 9.80 Å². The number of anilines is 1. The van der Waals surface area contributed by atoms with Crippen LogP contribution >= 0.6 is 15.9 Å². The van der Waals surface area contributed by atoms with E-state index in [4.69, 9.17) is 0 Å². The average Bonchev–Trinajstić information content (AvgIpc) is 2.61. The third-order valence-corrected chi connectivity index (χ3v) is 4.56. The number of halogens is 1. The smallest absolute Gasteiger partial charge is 0.316 e. The molecular formula is C19H17BrN2O2. The number of nitrogens with zero attached hydrogens (tertiary/aromatic N) is 2. The molecule has 1 fully saturated rings. The van der Waals surface area contributed by atoms with Crippen molar-refractivity contribution in [3.63, 3.8) is 0 Å². The topological polar surface area (TPSA) is 40.6 Å². The molecule has 0 spiro atoms. The molecule has 1 aliphatic heterocycles. The summed E-state index contributed by atoms with van der Waals surface area (Å²) < 4.78 is 0.937. The second-order valence-electron chi connectivity index (χ2n) is 5.61. The zero-order valence-electron chi connectivity index (χ0n) is 13.1. The summed E-state index contributed by atoms with van der Waals surface area (Å²) >= 11 is 3.37. The Morgan fingerprint density at radius 1 is 0.958 bits per heavy atom. The SMILES string of the molecule is C=Cc1ccc(CN2CCN(c3ccc(Br)cc3)C(=O)C2=O)cc1. The van der Waals surface area contributed by atoms with E-state index in [2.05, 4.69) is 22.5 Å². The van der Waals surface area contributed by atoms with Crippen LogP contribution in [-0.4, -0.2) is 29.8 Å². The zero-order valence-corrected chi connectivity index (χ0v) is 14.7. The maximum absolute atomic E-state index is 12.4. The second-order valence-corrected chi connectivity index (χ2v) is 6.52. The molecule has 0 saturated carbocycles. The maximum Gasteiger partial charge on any atom is 0.316 e. The van der Waals surface area contributed by atoms with Gasteiger partial charge in [-0.25, -0.2) is 0 Å². The first kappa shape index (κ1) is 16.5. The molecule has 1 saturated heterocycles. The molecule has 2 aromatic rings. The Morgan fingerprint density at radius 2 is 1.62 bits per heavy atom. The van der Waals surface area contributed by atoms with Gasteiger partial charge in [0.05, 0.1) is 0 Å². The van der Waals surface area contributed by atoms with Gasteiger partial charge >= 0.3 is 11.8 Å². The molecule has 3 rings (SSSR count). The van der Waals surface area contributed by atoms with Gasteiger partial charge in [-0.1, -0.05) is 52.9 Å². The summed E-state index contributed by atoms with van der Waals surface area (Å²) in [4.78, 5) is 28.0. The Hall–Kier alpha value is -2.40. The van der Waals surface area contributed by atoms with Gasteiger partial charge in [0.25, 0.3) is 0 Å². The number of hydrogen-bond donors (Lipinski definition) is 0. The largest absolute Gasteiger partial charge is 0.328 e. The number of amides is 2. The van der Waals surface area contributed by atoms with Crippen LogP contribution in [0.2, 0.25) is 0 Å². The quantitative estimate of drug-likeness (QED) is 0.757. The van der Waals surface area contributed by atoms with Crippen molar-refractivity contribution in [3.05, 3.63) is 70.7 Å². The van der Waals surface area contributed by atoms with Gasteiger partial charge in [-0.05, 0) is 35.4 Å². The van der Waals surface area contributed by atoms with E-state index in [0.29, 0.717) is 19.6 Å². The highest BCUT2D eigenvalue weighted by Crippen LogP contribution is 2.21. The summed E-state index contributed by atoms with van der Waals surface area (Å²) in [5, 5.41) is 0. The molecule has 1 aliphatic rings. The van der Waals surface area contributed by atoms with Crippen LogP contribution in [0, 0.1) is 0 Å². The number of benzene rings is 2. The van der Waals surface area contributed by atoms with Crippen molar-refractivity contribution >= 4 is 39.5 Å². The molecule has 4 nitrogen and oxygen atoms in total. The Labute approximate surface area is 149 Å². The lowest BCUT2D eigenvalue weighted by atomic mass is 10.1. The predicted molar refractivity (Wildman–Crippen MR) is 98.4 cm³/mol. The fraction of sp³-hybridized carbons (Fsp3) is 0.158. The van der Waals surface area contributed by atoms with Crippen LogP contribution in [0.15, 0.2) is 59.6 Å². The normalized spacial score (nSPS) is 14.9. The lowest BCUT2D eigenvalue weighted by molar-refractivity contribution is -0.146. The Balaban J connectivity index is 1.71. The molecular weight excluding hydrogens is 368 g/mol. The minimum absolute atomic E-state index is 0.441. The lowest BCUT2D eigenvalue weighted by Gasteiger charge is -2.33. The number of rotatable bonds is 4. The van der Waals surface area contributed by atoms with Gasteiger partial charge in [-0.15, -0.1) is 0 Å². The number of piperazine rings is 1. The Bertz CT molecular complexity index is 769. The van der Waals surface area contributed by atoms with E-state index in [0.717, 1.165) is 21.3 Å². The first-order valence-corrected chi connectivity index (χ1v) is 8.45. The highest BCUT2D eigenvalue weighted by Gasteiger charge is 2.33. The average molecular weight is 385 g/mol. The molecule has 2 amide bonds. The van der Waals surface area contributed by atoms with Crippen LogP contribution in [0.25, 0.3) is 6.08 Å². The zero-order chi connectivity index (χ0) is 17.1. The van der Waals surface area contributed by atoms with E-state index in [9.17, 15) is 9.59 Å². The van der Waals surface area contributed by atoms with Crippen molar-refractivity contribution in [1.29, 1.82) is 0 Å². The highest BCUT2D eigenvalue weighted by molar-refractivity contribution is 9.10. The van der Waals surface area contributed by atoms with Gasteiger partial charge in [-0.2, -0.15) is 0 Å². The molecule has 0 unspecified atom stereocenters. The first-order chi connectivity index (χ1) is 11.6. The molecule has 1 heterocycles. The molecule has 24 heavy (non-hydrogen) atoms. The van der Waals surface area contributed by atoms with Crippen molar-refractivity contribution in [2.75, 3.05) is 18.0 Å². The summed E-state index contributed by atoms with van der Waals surface area (Å²) in [7, 11) is 0. The van der Waals surface area contributed by atoms with Crippen molar-refractivity contribution < 1.29 is 9.59 Å². The summed E-state index contributed by atoms with van der Waals surface area (Å²) in [5.74, 6) is -0.941. The minimum Gasteiger partial charge on any atom is -0.328 e. The standard InChI is InChI=1S/C19H17BrN2O2/c1-2-14-3-5-15(6-4-14)13-21-11-12-22(19(24)18(21)23)17-9-7-16(20)8-10-17/h2-10H,1,11-13H2. The van der Waals surface area contributed by atoms with Crippen molar-refractivity contribution in [1.82, 2.24) is 4.90 Å². The predicted octanol–water partition coefficient (Wildman–Crippen LogP) is 3.47. The third-order valence-electron chi connectivity index (χ3n) is 4.04. The van der Waals surface area contributed by atoms with Gasteiger partial charge in [0.2, 0.25) is 0 Å². The van der Waals surface area contributed by atoms with Gasteiger partial charge in [-0.3, -0.25) is 9.59 Å². The van der Waals surface area contributed by atoms with Gasteiger partial charge in [0.1, 0.15) is 0 Å². The molecule has 0 bridgehead atoms. The Morgan fingerprint density at radius 3 is 2.25 bits per heavy atom. The van der Waals surface area contributed by atoms with Crippen molar-refractivity contribution in [2.45, 2.75) is 6.54 Å². The lowest BCUT2D eigenvalue weighted by Crippen LogP contribution is -2.54. The Kier molecular flexibility index (Phi) is 4.81. The summed E-state index contributed by atoms with van der Waals surface area (Å²) in [6.45, 7) is 5.18. The van der Waals surface area contributed by atoms with E-state index >= 15 is 0 Å². The fourth-order valence-corrected chi connectivity index (χ4v) is 2.94. The van der Waals surface area contributed by atoms with Crippen molar-refractivity contribution in [2.24, 2.45) is 0 Å². The first-order valence-electron chi connectivity index (χ1n) is 7.66. The third kappa shape index (κ3) is 3.41. The second kappa shape index (κ2) is 7.01. The van der Waals surface area contributed by atoms with E-state index in [1.807, 2.05) is 48.5 Å². The maximum atomic E-state index is 12.4. The fourth-order valence-electron chi connectivity index (χ4n) is 2.67. The number of carbonyl (C=O) groups excluding carboxylic acids is 2. The molecule has 0 aromatic heterocycles. The molecule has 0 N–H and O–H groups in total. The van der Waals surface area contributed by atoms with Crippen LogP contribution in [0.1, 0.15) is 11.1 Å². The molecule has 0 radical (unpaired) electrons. The van der Waals surface area contributed by atoms with Crippen LogP contribution in [0.4, 0.5) is 5.69 Å².